The van der Waals surface area contributed by atoms with Crippen molar-refractivity contribution in [1.29, 1.82) is 0 Å². The molecule has 0 saturated heterocycles. The Morgan fingerprint density at radius 3 is 2.68 bits per heavy atom. The molecule has 1 saturated carbocycles. The monoisotopic (exact) mass is 481 g/mol. The van der Waals surface area contributed by atoms with Crippen molar-refractivity contribution >= 4 is 24.9 Å². The second-order valence-corrected chi connectivity index (χ2v) is 16.1. The van der Waals surface area contributed by atoms with Gasteiger partial charge in [-0.15, -0.1) is 0 Å². The van der Waals surface area contributed by atoms with Crippen LogP contribution in [0.1, 0.15) is 38.1 Å². The van der Waals surface area contributed by atoms with Gasteiger partial charge in [0, 0.05) is 26.9 Å². The van der Waals surface area contributed by atoms with Gasteiger partial charge in [0.2, 0.25) is 0 Å². The van der Waals surface area contributed by atoms with E-state index in [1.807, 2.05) is 16.7 Å². The highest BCUT2D eigenvalue weighted by molar-refractivity contribution is 6.76. The lowest BCUT2D eigenvalue weighted by Gasteiger charge is -2.22. The molecule has 1 fully saturated rings. The minimum absolute atomic E-state index is 0.0660. The standard InChI is InChI=1S/C25H32FN5O2Si/c1-34(2,3)14-13-33-17-30-21-11-10-20(22-15-27-23-12-9-18(26)16-29(22)23)28-24(21)31(25(30)32)19-7-5-4-6-8-19/h9-12,15-16,19H,4-8,13-14,17H2,1-3H3. The molecular formula is C25H32FN5O2Si. The first kappa shape index (κ1) is 23.0. The first-order chi connectivity index (χ1) is 16.3. The van der Waals surface area contributed by atoms with E-state index in [-0.39, 0.29) is 24.3 Å². The summed E-state index contributed by atoms with van der Waals surface area (Å²) >= 11 is 0. The zero-order valence-electron chi connectivity index (χ0n) is 20.1. The smallest absolute Gasteiger partial charge is 0.332 e. The average Bonchev–Trinajstić information content (AvgIpc) is 3.34. The third-order valence-corrected chi connectivity index (χ3v) is 8.40. The van der Waals surface area contributed by atoms with Crippen molar-refractivity contribution in [1.82, 2.24) is 23.5 Å². The van der Waals surface area contributed by atoms with E-state index in [4.69, 9.17) is 9.72 Å². The van der Waals surface area contributed by atoms with Crippen molar-refractivity contribution < 1.29 is 9.13 Å². The Morgan fingerprint density at radius 1 is 1.12 bits per heavy atom. The molecule has 1 aliphatic carbocycles. The van der Waals surface area contributed by atoms with Crippen molar-refractivity contribution in [2.75, 3.05) is 6.61 Å². The number of ether oxygens (including phenoxy) is 1. The van der Waals surface area contributed by atoms with Crippen LogP contribution in [-0.4, -0.2) is 38.2 Å². The first-order valence-electron chi connectivity index (χ1n) is 12.1. The van der Waals surface area contributed by atoms with Crippen LogP contribution in [0.4, 0.5) is 4.39 Å². The van der Waals surface area contributed by atoms with Crippen molar-refractivity contribution in [3.8, 4) is 11.4 Å². The minimum Gasteiger partial charge on any atom is -0.361 e. The molecule has 0 atom stereocenters. The molecule has 0 amide bonds. The zero-order valence-corrected chi connectivity index (χ0v) is 21.1. The minimum atomic E-state index is -1.21. The Labute approximate surface area is 199 Å². The number of pyridine rings is 2. The van der Waals surface area contributed by atoms with Gasteiger partial charge >= 0.3 is 5.69 Å². The Morgan fingerprint density at radius 2 is 1.91 bits per heavy atom. The van der Waals surface area contributed by atoms with Crippen LogP contribution in [0.2, 0.25) is 25.7 Å². The van der Waals surface area contributed by atoms with Crippen molar-refractivity contribution in [3.05, 3.63) is 53.0 Å². The molecule has 4 aromatic rings. The van der Waals surface area contributed by atoms with Crippen LogP contribution in [0.3, 0.4) is 0 Å². The fourth-order valence-corrected chi connectivity index (χ4v) is 5.52. The topological polar surface area (TPSA) is 66.3 Å². The van der Waals surface area contributed by atoms with Crippen molar-refractivity contribution in [2.45, 2.75) is 70.6 Å². The largest absolute Gasteiger partial charge is 0.361 e. The van der Waals surface area contributed by atoms with E-state index in [0.717, 1.165) is 37.2 Å². The number of rotatable bonds is 7. The third-order valence-electron chi connectivity index (χ3n) is 6.70. The molecule has 5 rings (SSSR count). The predicted octanol–water partition coefficient (Wildman–Crippen LogP) is 5.47. The van der Waals surface area contributed by atoms with Gasteiger partial charge in [0.15, 0.2) is 5.65 Å². The maximum atomic E-state index is 13.9. The molecule has 4 heterocycles. The van der Waals surface area contributed by atoms with Crippen LogP contribution in [0, 0.1) is 5.82 Å². The van der Waals surface area contributed by atoms with E-state index in [0.29, 0.717) is 29.3 Å². The van der Waals surface area contributed by atoms with Gasteiger partial charge in [0.05, 0.1) is 23.1 Å². The van der Waals surface area contributed by atoms with Gasteiger partial charge in [-0.05, 0) is 43.2 Å². The highest BCUT2D eigenvalue weighted by atomic mass is 28.3. The van der Waals surface area contributed by atoms with Gasteiger partial charge in [0.25, 0.3) is 0 Å². The first-order valence-corrected chi connectivity index (χ1v) is 15.8. The van der Waals surface area contributed by atoms with E-state index >= 15 is 0 Å². The second kappa shape index (κ2) is 9.11. The number of hydrogen-bond donors (Lipinski definition) is 0. The Balaban J connectivity index is 1.57. The molecular weight excluding hydrogens is 449 g/mol. The number of halogens is 1. The van der Waals surface area contributed by atoms with Crippen LogP contribution in [0.5, 0.6) is 0 Å². The van der Waals surface area contributed by atoms with Crippen LogP contribution >= 0.6 is 0 Å². The summed E-state index contributed by atoms with van der Waals surface area (Å²) in [5.74, 6) is -0.339. The molecule has 7 nitrogen and oxygen atoms in total. The molecule has 0 bridgehead atoms. The molecule has 9 heteroatoms. The number of aromatic nitrogens is 5. The van der Waals surface area contributed by atoms with Crippen LogP contribution in [0.15, 0.2) is 41.5 Å². The molecule has 0 N–H and O–H groups in total. The second-order valence-electron chi connectivity index (χ2n) is 10.5. The van der Waals surface area contributed by atoms with Gasteiger partial charge in [-0.25, -0.2) is 19.2 Å². The normalized spacial score (nSPS) is 15.5. The van der Waals surface area contributed by atoms with E-state index < -0.39 is 8.07 Å². The lowest BCUT2D eigenvalue weighted by Crippen LogP contribution is -2.30. The van der Waals surface area contributed by atoms with Gasteiger partial charge in [0.1, 0.15) is 18.2 Å². The number of imidazole rings is 2. The molecule has 34 heavy (non-hydrogen) atoms. The number of hydrogen-bond acceptors (Lipinski definition) is 4. The molecule has 0 radical (unpaired) electrons. The van der Waals surface area contributed by atoms with Crippen molar-refractivity contribution in [2.24, 2.45) is 0 Å². The number of fused-ring (bicyclic) bond motifs is 2. The lowest BCUT2D eigenvalue weighted by atomic mass is 9.95. The molecule has 0 aliphatic heterocycles. The van der Waals surface area contributed by atoms with Crippen LogP contribution in [0.25, 0.3) is 28.2 Å². The fourth-order valence-electron chi connectivity index (χ4n) is 4.77. The highest BCUT2D eigenvalue weighted by Crippen LogP contribution is 2.31. The molecule has 4 aromatic heterocycles. The lowest BCUT2D eigenvalue weighted by molar-refractivity contribution is 0.0867. The summed E-state index contributed by atoms with van der Waals surface area (Å²) in [5, 5.41) is 0. The van der Waals surface area contributed by atoms with Gasteiger partial charge in [-0.2, -0.15) is 0 Å². The summed E-state index contributed by atoms with van der Waals surface area (Å²) in [7, 11) is -1.21. The van der Waals surface area contributed by atoms with E-state index in [9.17, 15) is 9.18 Å². The molecule has 0 spiro atoms. The summed E-state index contributed by atoms with van der Waals surface area (Å²) in [5.41, 5.74) is 3.37. The Kier molecular flexibility index (Phi) is 6.16. The Hall–Kier alpha value is -2.78. The summed E-state index contributed by atoms with van der Waals surface area (Å²) < 4.78 is 25.1. The molecule has 1 aliphatic rings. The van der Waals surface area contributed by atoms with Gasteiger partial charge in [-0.1, -0.05) is 38.9 Å². The Bertz CT molecular complexity index is 1380. The van der Waals surface area contributed by atoms with E-state index in [2.05, 4.69) is 24.6 Å². The van der Waals surface area contributed by atoms with Crippen molar-refractivity contribution in [3.63, 3.8) is 0 Å². The predicted molar refractivity (Wildman–Crippen MR) is 134 cm³/mol. The summed E-state index contributed by atoms with van der Waals surface area (Å²) in [6.45, 7) is 7.82. The van der Waals surface area contributed by atoms with E-state index in [1.165, 1.54) is 18.7 Å². The SMILES string of the molecule is C[Si](C)(C)CCOCn1c(=O)n(C2CCCCC2)c2nc(-c3cnc4ccc(F)cn34)ccc21. The third kappa shape index (κ3) is 4.46. The molecule has 180 valence electrons. The summed E-state index contributed by atoms with van der Waals surface area (Å²) in [4.78, 5) is 22.9. The zero-order chi connectivity index (χ0) is 23.9. The molecule has 0 aromatic carbocycles. The maximum absolute atomic E-state index is 13.9. The van der Waals surface area contributed by atoms with Gasteiger partial charge in [-0.3, -0.25) is 13.5 Å². The fraction of sp³-hybridized carbons (Fsp3) is 0.480. The maximum Gasteiger partial charge on any atom is 0.332 e. The van der Waals surface area contributed by atoms with E-state index in [1.54, 1.807) is 21.2 Å². The van der Waals surface area contributed by atoms with Crippen LogP contribution < -0.4 is 5.69 Å². The highest BCUT2D eigenvalue weighted by Gasteiger charge is 2.24. The quantitative estimate of drug-likeness (QED) is 0.259. The summed E-state index contributed by atoms with van der Waals surface area (Å²) in [6, 6.07) is 8.03. The number of nitrogens with zero attached hydrogens (tertiary/aromatic N) is 5. The van der Waals surface area contributed by atoms with Gasteiger partial charge < -0.3 is 4.74 Å². The molecule has 0 unspecified atom stereocenters. The average molecular weight is 482 g/mol. The summed E-state index contributed by atoms with van der Waals surface area (Å²) in [6.07, 6.45) is 8.49. The van der Waals surface area contributed by atoms with Crippen LogP contribution in [-0.2, 0) is 11.5 Å².